The summed E-state index contributed by atoms with van der Waals surface area (Å²) in [7, 11) is 0. The van der Waals surface area contributed by atoms with Gasteiger partial charge in [0.25, 0.3) is 0 Å². The van der Waals surface area contributed by atoms with Gasteiger partial charge in [-0.15, -0.1) is 0 Å². The molecule has 0 atom stereocenters. The van der Waals surface area contributed by atoms with E-state index in [0.29, 0.717) is 22.1 Å². The molecule has 0 radical (unpaired) electrons. The first kappa shape index (κ1) is 12.6. The fourth-order valence-electron chi connectivity index (χ4n) is 1.79. The molecule has 0 bridgehead atoms. The topological polar surface area (TPSA) is 60.9 Å². The Balaban J connectivity index is 2.41. The van der Waals surface area contributed by atoms with Gasteiger partial charge in [-0.25, -0.2) is 4.98 Å². The summed E-state index contributed by atoms with van der Waals surface area (Å²) in [6.45, 7) is 2.80. The lowest BCUT2D eigenvalue weighted by Gasteiger charge is -2.07. The number of nitrogens with zero attached hydrogens (tertiary/aromatic N) is 2. The van der Waals surface area contributed by atoms with Crippen LogP contribution in [0.25, 0.3) is 0 Å². The highest BCUT2D eigenvalue weighted by atomic mass is 35.5. The third-order valence-electron chi connectivity index (χ3n) is 2.64. The average molecular weight is 264 g/mol. The Kier molecular flexibility index (Phi) is 3.67. The maximum Gasteiger partial charge on any atom is 0.230 e. The number of aryl methyl sites for hydroxylation is 1. The lowest BCUT2D eigenvalue weighted by Crippen LogP contribution is -2.13. The van der Waals surface area contributed by atoms with Gasteiger partial charge < -0.3 is 10.3 Å². The number of rotatable bonds is 4. The van der Waals surface area contributed by atoms with Gasteiger partial charge in [0.1, 0.15) is 0 Å². The predicted octanol–water partition coefficient (Wildman–Crippen LogP) is 2.76. The first-order valence-corrected chi connectivity index (χ1v) is 6.12. The molecule has 0 fully saturated rings. The van der Waals surface area contributed by atoms with E-state index in [2.05, 4.69) is 4.98 Å². The van der Waals surface area contributed by atoms with E-state index in [4.69, 9.17) is 17.3 Å². The molecular weight excluding hydrogens is 250 g/mol. The van der Waals surface area contributed by atoms with Gasteiger partial charge in [-0.2, -0.15) is 0 Å². The molecule has 5 heteroatoms. The second kappa shape index (κ2) is 5.23. The smallest absolute Gasteiger partial charge is 0.230 e. The number of nitrogen functional groups attached to an aromatic ring is 1. The third kappa shape index (κ3) is 2.38. The van der Waals surface area contributed by atoms with E-state index in [1.165, 1.54) is 0 Å². The van der Waals surface area contributed by atoms with Crippen molar-refractivity contribution in [1.82, 2.24) is 9.55 Å². The predicted molar refractivity (Wildman–Crippen MR) is 71.8 cm³/mol. The summed E-state index contributed by atoms with van der Waals surface area (Å²) >= 11 is 5.89. The summed E-state index contributed by atoms with van der Waals surface area (Å²) in [6, 6.07) is 4.86. The Labute approximate surface area is 110 Å². The van der Waals surface area contributed by atoms with Gasteiger partial charge in [0.2, 0.25) is 5.78 Å². The van der Waals surface area contributed by atoms with Crippen molar-refractivity contribution in [3.05, 3.63) is 47.0 Å². The van der Waals surface area contributed by atoms with Crippen molar-refractivity contribution in [2.75, 3.05) is 5.73 Å². The number of carbonyl (C=O) groups excluding carboxylic acids is 1. The van der Waals surface area contributed by atoms with Gasteiger partial charge in [-0.05, 0) is 24.6 Å². The summed E-state index contributed by atoms with van der Waals surface area (Å²) in [5.41, 5.74) is 6.61. The van der Waals surface area contributed by atoms with Crippen LogP contribution in [-0.4, -0.2) is 15.3 Å². The Morgan fingerprint density at radius 2 is 2.28 bits per heavy atom. The average Bonchev–Trinajstić information content (AvgIpc) is 2.80. The van der Waals surface area contributed by atoms with Crippen molar-refractivity contribution in [1.29, 1.82) is 0 Å². The standard InChI is InChI=1S/C13H14ClN3O/c1-2-6-17-7-5-16-13(17)12(18)10-8-9(14)3-4-11(10)15/h3-5,7-8H,2,6,15H2,1H3. The summed E-state index contributed by atoms with van der Waals surface area (Å²) in [4.78, 5) is 16.5. The molecular formula is C13H14ClN3O. The first-order chi connectivity index (χ1) is 8.63. The minimum Gasteiger partial charge on any atom is -0.398 e. The number of nitrogens with two attached hydrogens (primary N) is 1. The Morgan fingerprint density at radius 3 is 3.00 bits per heavy atom. The zero-order chi connectivity index (χ0) is 13.1. The molecule has 0 saturated heterocycles. The van der Waals surface area contributed by atoms with E-state index in [-0.39, 0.29) is 5.78 Å². The maximum atomic E-state index is 12.4. The van der Waals surface area contributed by atoms with E-state index in [1.54, 1.807) is 30.6 Å². The van der Waals surface area contributed by atoms with Crippen molar-refractivity contribution in [2.45, 2.75) is 19.9 Å². The molecule has 2 aromatic rings. The normalized spacial score (nSPS) is 10.6. The molecule has 1 heterocycles. The summed E-state index contributed by atoms with van der Waals surface area (Å²) in [5, 5.41) is 0.487. The number of hydrogen-bond donors (Lipinski definition) is 1. The molecule has 94 valence electrons. The molecule has 2 rings (SSSR count). The Morgan fingerprint density at radius 1 is 1.50 bits per heavy atom. The lowest BCUT2D eigenvalue weighted by atomic mass is 10.1. The quantitative estimate of drug-likeness (QED) is 0.682. The monoisotopic (exact) mass is 263 g/mol. The van der Waals surface area contributed by atoms with Crippen molar-refractivity contribution in [2.24, 2.45) is 0 Å². The molecule has 2 N–H and O–H groups in total. The van der Waals surface area contributed by atoms with Gasteiger partial charge >= 0.3 is 0 Å². The van der Waals surface area contributed by atoms with Crippen LogP contribution in [-0.2, 0) is 6.54 Å². The minimum absolute atomic E-state index is 0.201. The van der Waals surface area contributed by atoms with Crippen LogP contribution < -0.4 is 5.73 Å². The second-order valence-corrected chi connectivity index (χ2v) is 4.44. The van der Waals surface area contributed by atoms with E-state index in [0.717, 1.165) is 13.0 Å². The van der Waals surface area contributed by atoms with Crippen LogP contribution in [0.2, 0.25) is 5.02 Å². The summed E-state index contributed by atoms with van der Waals surface area (Å²) in [6.07, 6.45) is 4.34. The van der Waals surface area contributed by atoms with E-state index >= 15 is 0 Å². The van der Waals surface area contributed by atoms with Crippen molar-refractivity contribution < 1.29 is 4.79 Å². The van der Waals surface area contributed by atoms with Crippen molar-refractivity contribution >= 4 is 23.1 Å². The van der Waals surface area contributed by atoms with Gasteiger partial charge in [0.15, 0.2) is 5.82 Å². The van der Waals surface area contributed by atoms with Gasteiger partial charge in [-0.1, -0.05) is 18.5 Å². The molecule has 0 spiro atoms. The molecule has 1 aromatic heterocycles. The highest BCUT2D eigenvalue weighted by Gasteiger charge is 2.17. The molecule has 0 unspecified atom stereocenters. The zero-order valence-corrected chi connectivity index (χ0v) is 10.8. The maximum absolute atomic E-state index is 12.4. The van der Waals surface area contributed by atoms with Gasteiger partial charge in [0, 0.05) is 29.6 Å². The van der Waals surface area contributed by atoms with E-state index < -0.39 is 0 Å². The molecule has 4 nitrogen and oxygen atoms in total. The highest BCUT2D eigenvalue weighted by Crippen LogP contribution is 2.20. The molecule has 18 heavy (non-hydrogen) atoms. The fourth-order valence-corrected chi connectivity index (χ4v) is 1.96. The molecule has 0 aliphatic rings. The number of hydrogen-bond acceptors (Lipinski definition) is 3. The van der Waals surface area contributed by atoms with Crippen molar-refractivity contribution in [3.8, 4) is 0 Å². The molecule has 0 saturated carbocycles. The van der Waals surface area contributed by atoms with E-state index in [1.807, 2.05) is 11.5 Å². The van der Waals surface area contributed by atoms with Crippen molar-refractivity contribution in [3.63, 3.8) is 0 Å². The molecule has 0 aliphatic carbocycles. The van der Waals surface area contributed by atoms with Crippen LogP contribution in [0.5, 0.6) is 0 Å². The molecule has 0 aliphatic heterocycles. The van der Waals surface area contributed by atoms with Crippen LogP contribution >= 0.6 is 11.6 Å². The molecule has 0 amide bonds. The largest absolute Gasteiger partial charge is 0.398 e. The summed E-state index contributed by atoms with van der Waals surface area (Å²) < 4.78 is 1.82. The number of aromatic nitrogens is 2. The first-order valence-electron chi connectivity index (χ1n) is 5.74. The van der Waals surface area contributed by atoms with Crippen LogP contribution in [0.3, 0.4) is 0 Å². The zero-order valence-electron chi connectivity index (χ0n) is 10.1. The molecule has 1 aromatic carbocycles. The van der Waals surface area contributed by atoms with Gasteiger partial charge in [-0.3, -0.25) is 4.79 Å². The summed E-state index contributed by atoms with van der Waals surface area (Å²) in [5.74, 6) is 0.194. The SMILES string of the molecule is CCCn1ccnc1C(=O)c1cc(Cl)ccc1N. The highest BCUT2D eigenvalue weighted by molar-refractivity contribution is 6.31. The number of ketones is 1. The lowest BCUT2D eigenvalue weighted by molar-refractivity contribution is 0.102. The van der Waals surface area contributed by atoms with Crippen LogP contribution in [0, 0.1) is 0 Å². The third-order valence-corrected chi connectivity index (χ3v) is 2.88. The number of benzene rings is 1. The number of imidazole rings is 1. The second-order valence-electron chi connectivity index (χ2n) is 4.00. The minimum atomic E-state index is -0.201. The van der Waals surface area contributed by atoms with E-state index in [9.17, 15) is 4.79 Å². The van der Waals surface area contributed by atoms with Crippen LogP contribution in [0.1, 0.15) is 29.5 Å². The van der Waals surface area contributed by atoms with Crippen LogP contribution in [0.4, 0.5) is 5.69 Å². The Bertz CT molecular complexity index is 577. The number of carbonyl (C=O) groups is 1. The van der Waals surface area contributed by atoms with Gasteiger partial charge in [0.05, 0.1) is 5.56 Å². The Hall–Kier alpha value is -1.81. The fraction of sp³-hybridized carbons (Fsp3) is 0.231. The number of halogens is 1. The number of anilines is 1. The van der Waals surface area contributed by atoms with Crippen LogP contribution in [0.15, 0.2) is 30.6 Å².